The van der Waals surface area contributed by atoms with E-state index in [-0.39, 0.29) is 12.4 Å². The zero-order valence-electron chi connectivity index (χ0n) is 7.88. The molecule has 0 aromatic heterocycles. The Hall–Kier alpha value is -0.610. The van der Waals surface area contributed by atoms with E-state index in [1.807, 2.05) is 0 Å². The van der Waals surface area contributed by atoms with Crippen LogP contribution in [-0.4, -0.2) is 13.1 Å². The van der Waals surface area contributed by atoms with E-state index in [0.717, 1.165) is 13.6 Å². The van der Waals surface area contributed by atoms with Crippen molar-refractivity contribution in [3.05, 3.63) is 31.3 Å². The zero-order valence-corrected chi connectivity index (χ0v) is 11.6. The molecule has 0 unspecified atom stereocenters. The van der Waals surface area contributed by atoms with Crippen molar-refractivity contribution < 1.29 is 9.53 Å². The fraction of sp³-hybridized carbons (Fsp3) is 0.200. The molecule has 0 aliphatic heterocycles. The SMILES string of the molecule is COC(=O)Cc1c(Br)cc(C#N)cc1I. The average molecular weight is 380 g/mol. The molecule has 0 N–H and O–H groups in total. The quantitative estimate of drug-likeness (QED) is 0.586. The second-order valence-corrected chi connectivity index (χ2v) is 4.80. The fourth-order valence-corrected chi connectivity index (χ4v) is 2.84. The van der Waals surface area contributed by atoms with Crippen molar-refractivity contribution in [2.75, 3.05) is 7.11 Å². The van der Waals surface area contributed by atoms with Crippen molar-refractivity contribution in [3.8, 4) is 6.07 Å². The van der Waals surface area contributed by atoms with Gasteiger partial charge in [0.2, 0.25) is 0 Å². The Morgan fingerprint density at radius 2 is 2.33 bits per heavy atom. The maximum absolute atomic E-state index is 11.1. The summed E-state index contributed by atoms with van der Waals surface area (Å²) in [4.78, 5) is 11.1. The minimum atomic E-state index is -0.293. The number of nitriles is 1. The lowest BCUT2D eigenvalue weighted by Gasteiger charge is -2.06. The summed E-state index contributed by atoms with van der Waals surface area (Å²) in [6, 6.07) is 5.49. The van der Waals surface area contributed by atoms with E-state index >= 15 is 0 Å². The highest BCUT2D eigenvalue weighted by molar-refractivity contribution is 14.1. The van der Waals surface area contributed by atoms with Crippen molar-refractivity contribution in [1.29, 1.82) is 5.26 Å². The number of benzene rings is 1. The smallest absolute Gasteiger partial charge is 0.310 e. The van der Waals surface area contributed by atoms with Crippen LogP contribution in [0.3, 0.4) is 0 Å². The lowest BCUT2D eigenvalue weighted by Crippen LogP contribution is -2.06. The van der Waals surface area contributed by atoms with Gasteiger partial charge in [-0.25, -0.2) is 0 Å². The van der Waals surface area contributed by atoms with Gasteiger partial charge in [0.25, 0.3) is 0 Å². The number of halogens is 2. The third-order valence-electron chi connectivity index (χ3n) is 1.82. The second-order valence-electron chi connectivity index (χ2n) is 2.78. The molecule has 1 rings (SSSR count). The molecule has 78 valence electrons. The lowest BCUT2D eigenvalue weighted by molar-refractivity contribution is -0.139. The van der Waals surface area contributed by atoms with Crippen LogP contribution in [0.2, 0.25) is 0 Å². The molecule has 0 amide bonds. The van der Waals surface area contributed by atoms with E-state index in [4.69, 9.17) is 5.26 Å². The summed E-state index contributed by atoms with van der Waals surface area (Å²) in [6.45, 7) is 0. The van der Waals surface area contributed by atoms with Crippen molar-refractivity contribution in [1.82, 2.24) is 0 Å². The van der Waals surface area contributed by atoms with Crippen molar-refractivity contribution in [3.63, 3.8) is 0 Å². The van der Waals surface area contributed by atoms with Crippen LogP contribution in [-0.2, 0) is 16.0 Å². The van der Waals surface area contributed by atoms with Crippen molar-refractivity contribution in [2.24, 2.45) is 0 Å². The molecule has 0 heterocycles. The molecule has 0 radical (unpaired) electrons. The Bertz CT molecular complexity index is 417. The normalized spacial score (nSPS) is 9.47. The monoisotopic (exact) mass is 379 g/mol. The van der Waals surface area contributed by atoms with Gasteiger partial charge in [-0.1, -0.05) is 15.9 Å². The van der Waals surface area contributed by atoms with Gasteiger partial charge in [-0.3, -0.25) is 4.79 Å². The molecule has 0 aliphatic carbocycles. The number of carbonyl (C=O) groups is 1. The molecule has 1 aromatic rings. The number of hydrogen-bond donors (Lipinski definition) is 0. The first-order chi connectivity index (χ1) is 7.08. The molecule has 0 spiro atoms. The van der Waals surface area contributed by atoms with E-state index in [0.29, 0.717) is 5.56 Å². The van der Waals surface area contributed by atoms with Gasteiger partial charge in [0.15, 0.2) is 0 Å². The molecule has 0 atom stereocenters. The molecule has 3 nitrogen and oxygen atoms in total. The summed E-state index contributed by atoms with van der Waals surface area (Å²) >= 11 is 5.43. The standard InChI is InChI=1S/C10H7BrINO2/c1-15-10(14)4-7-8(11)2-6(5-13)3-9(7)12/h2-3H,4H2,1H3. The predicted molar refractivity (Wildman–Crippen MR) is 67.3 cm³/mol. The Balaban J connectivity index is 3.10. The summed E-state index contributed by atoms with van der Waals surface area (Å²) in [5, 5.41) is 8.74. The summed E-state index contributed by atoms with van der Waals surface area (Å²) in [7, 11) is 1.35. The van der Waals surface area contributed by atoms with Crippen LogP contribution in [0.15, 0.2) is 16.6 Å². The number of methoxy groups -OCH3 is 1. The van der Waals surface area contributed by atoms with Gasteiger partial charge in [-0.05, 0) is 40.3 Å². The second kappa shape index (κ2) is 5.47. The van der Waals surface area contributed by atoms with E-state index < -0.39 is 0 Å². The fourth-order valence-electron chi connectivity index (χ4n) is 1.05. The van der Waals surface area contributed by atoms with Crippen LogP contribution in [0, 0.1) is 14.9 Å². The van der Waals surface area contributed by atoms with Crippen molar-refractivity contribution in [2.45, 2.75) is 6.42 Å². The van der Waals surface area contributed by atoms with Gasteiger partial charge in [0, 0.05) is 8.04 Å². The van der Waals surface area contributed by atoms with Crippen LogP contribution >= 0.6 is 38.5 Å². The van der Waals surface area contributed by atoms with Crippen LogP contribution < -0.4 is 0 Å². The third-order valence-corrected chi connectivity index (χ3v) is 3.49. The molecular formula is C10H7BrINO2. The van der Waals surface area contributed by atoms with E-state index in [9.17, 15) is 4.79 Å². The molecule has 0 saturated carbocycles. The van der Waals surface area contributed by atoms with Crippen LogP contribution in [0.1, 0.15) is 11.1 Å². The summed E-state index contributed by atoms with van der Waals surface area (Å²) in [5.74, 6) is -0.293. The lowest BCUT2D eigenvalue weighted by atomic mass is 10.1. The maximum Gasteiger partial charge on any atom is 0.310 e. The van der Waals surface area contributed by atoms with Crippen LogP contribution in [0.25, 0.3) is 0 Å². The average Bonchev–Trinajstić information content (AvgIpc) is 2.22. The molecule has 0 bridgehead atoms. The number of hydrogen-bond acceptors (Lipinski definition) is 3. The van der Waals surface area contributed by atoms with Gasteiger partial charge < -0.3 is 4.74 Å². The Morgan fingerprint density at radius 3 is 2.80 bits per heavy atom. The van der Waals surface area contributed by atoms with Gasteiger partial charge >= 0.3 is 5.97 Å². The molecule has 0 saturated heterocycles. The van der Waals surface area contributed by atoms with Gasteiger partial charge in [0.05, 0.1) is 25.2 Å². The Labute approximate surface area is 110 Å². The Morgan fingerprint density at radius 1 is 1.67 bits per heavy atom. The minimum absolute atomic E-state index is 0.209. The Kier molecular flexibility index (Phi) is 4.54. The highest BCUT2D eigenvalue weighted by Gasteiger charge is 2.11. The zero-order chi connectivity index (χ0) is 11.4. The molecular weight excluding hydrogens is 373 g/mol. The molecule has 0 fully saturated rings. The van der Waals surface area contributed by atoms with Gasteiger partial charge in [0.1, 0.15) is 0 Å². The number of rotatable bonds is 2. The molecule has 0 aliphatic rings. The maximum atomic E-state index is 11.1. The largest absolute Gasteiger partial charge is 0.469 e. The van der Waals surface area contributed by atoms with Gasteiger partial charge in [-0.2, -0.15) is 5.26 Å². The van der Waals surface area contributed by atoms with Crippen LogP contribution in [0.5, 0.6) is 0 Å². The summed E-state index contributed by atoms with van der Waals surface area (Å²) < 4.78 is 6.23. The topological polar surface area (TPSA) is 50.1 Å². The first-order valence-electron chi connectivity index (χ1n) is 4.03. The molecule has 5 heteroatoms. The number of nitrogens with zero attached hydrogens (tertiary/aromatic N) is 1. The number of ether oxygens (including phenoxy) is 1. The predicted octanol–water partition coefficient (Wildman–Crippen LogP) is 2.64. The first kappa shape index (κ1) is 12.5. The number of esters is 1. The summed E-state index contributed by atoms with van der Waals surface area (Å²) in [5.41, 5.74) is 1.42. The third kappa shape index (κ3) is 3.18. The minimum Gasteiger partial charge on any atom is -0.469 e. The van der Waals surface area contributed by atoms with Gasteiger partial charge in [-0.15, -0.1) is 0 Å². The van der Waals surface area contributed by atoms with E-state index in [1.54, 1.807) is 12.1 Å². The molecule has 1 aromatic carbocycles. The highest BCUT2D eigenvalue weighted by Crippen LogP contribution is 2.25. The highest BCUT2D eigenvalue weighted by atomic mass is 127. The first-order valence-corrected chi connectivity index (χ1v) is 5.90. The van der Waals surface area contributed by atoms with E-state index in [1.165, 1.54) is 7.11 Å². The van der Waals surface area contributed by atoms with Crippen LogP contribution in [0.4, 0.5) is 0 Å². The number of carbonyl (C=O) groups excluding carboxylic acids is 1. The van der Waals surface area contributed by atoms with E-state index in [2.05, 4.69) is 49.3 Å². The van der Waals surface area contributed by atoms with Crippen molar-refractivity contribution >= 4 is 44.5 Å². The summed E-state index contributed by atoms with van der Waals surface area (Å²) in [6.07, 6.45) is 0.209. The molecule has 15 heavy (non-hydrogen) atoms.